The Bertz CT molecular complexity index is 2300. The maximum atomic E-state index is 14.3. The molecule has 1 unspecified atom stereocenters. The van der Waals surface area contributed by atoms with Crippen LogP contribution < -0.4 is 15.7 Å². The van der Waals surface area contributed by atoms with Crippen molar-refractivity contribution in [1.82, 2.24) is 44.0 Å². The van der Waals surface area contributed by atoms with Crippen LogP contribution in [0.3, 0.4) is 0 Å². The fraction of sp³-hybridized carbons (Fsp3) is 0.441. The number of pyridine rings is 1. The lowest BCUT2D eigenvalue weighted by Crippen LogP contribution is -2.59. The number of methoxy groups -OCH3 is 1. The minimum atomic E-state index is -0.556. The van der Waals surface area contributed by atoms with Gasteiger partial charge in [-0.2, -0.15) is 5.10 Å². The van der Waals surface area contributed by atoms with E-state index in [1.165, 1.54) is 0 Å². The van der Waals surface area contributed by atoms with Gasteiger partial charge in [-0.25, -0.2) is 9.78 Å². The van der Waals surface area contributed by atoms with Gasteiger partial charge in [0.1, 0.15) is 5.65 Å². The first-order chi connectivity index (χ1) is 22.7. The van der Waals surface area contributed by atoms with Gasteiger partial charge in [-0.1, -0.05) is 6.07 Å². The van der Waals surface area contributed by atoms with E-state index in [9.17, 15) is 9.59 Å². The van der Waals surface area contributed by atoms with Crippen molar-refractivity contribution in [3.8, 4) is 28.3 Å². The third kappa shape index (κ3) is 4.21. The van der Waals surface area contributed by atoms with Crippen LogP contribution >= 0.6 is 0 Å². The highest BCUT2D eigenvalue weighted by Gasteiger charge is 2.45. The van der Waals surface area contributed by atoms with Gasteiger partial charge in [-0.15, -0.1) is 5.10 Å². The number of rotatable bonds is 4. The van der Waals surface area contributed by atoms with Crippen LogP contribution in [-0.4, -0.2) is 69.9 Å². The Hall–Kier alpha value is -4.91. The molecule has 0 spiro atoms. The predicted molar refractivity (Wildman–Crippen MR) is 176 cm³/mol. The molecular weight excluding hydrogens is 598 g/mol. The van der Waals surface area contributed by atoms with Crippen molar-refractivity contribution in [2.45, 2.75) is 63.3 Å². The molecule has 2 fully saturated rings. The van der Waals surface area contributed by atoms with Gasteiger partial charge < -0.3 is 19.8 Å². The third-order valence-electron chi connectivity index (χ3n) is 10.6. The number of nitrogens with zero attached hydrogens (tertiary/aromatic N) is 7. The summed E-state index contributed by atoms with van der Waals surface area (Å²) in [4.78, 5) is 35.8. The van der Waals surface area contributed by atoms with E-state index in [2.05, 4.69) is 40.5 Å². The van der Waals surface area contributed by atoms with Gasteiger partial charge in [0.25, 0.3) is 0 Å². The molecule has 7 heterocycles. The highest BCUT2D eigenvalue weighted by molar-refractivity contribution is 6.15. The zero-order chi connectivity index (χ0) is 32.2. The molecule has 13 heteroatoms. The van der Waals surface area contributed by atoms with Crippen LogP contribution in [0.5, 0.6) is 5.88 Å². The first kappa shape index (κ1) is 28.3. The molecule has 0 saturated heterocycles. The number of hydrogen-bond donors (Lipinski definition) is 2. The minimum Gasteiger partial charge on any atom is -0.479 e. The molecule has 1 amide bonds. The van der Waals surface area contributed by atoms with Crippen LogP contribution in [0, 0.1) is 5.92 Å². The number of carbonyl (C=O) groups excluding carboxylic acids is 1. The topological polar surface area (TPSA) is 139 Å². The second-order valence-corrected chi connectivity index (χ2v) is 13.6. The van der Waals surface area contributed by atoms with E-state index in [0.29, 0.717) is 43.9 Å². The number of ether oxygens (including phenoxy) is 2. The number of hydrogen-bond acceptors (Lipinski definition) is 7. The average molecular weight is 636 g/mol. The summed E-state index contributed by atoms with van der Waals surface area (Å²) < 4.78 is 19.7. The lowest BCUT2D eigenvalue weighted by atomic mass is 9.77. The van der Waals surface area contributed by atoms with Gasteiger partial charge in [0.05, 0.1) is 77.5 Å². The zero-order valence-corrected chi connectivity index (χ0v) is 26.9. The molecule has 2 aliphatic carbocycles. The van der Waals surface area contributed by atoms with E-state index < -0.39 is 5.54 Å². The molecule has 3 atom stereocenters. The van der Waals surface area contributed by atoms with E-state index in [1.807, 2.05) is 35.7 Å². The molecule has 0 radical (unpaired) electrons. The molecule has 2 aliphatic heterocycles. The summed E-state index contributed by atoms with van der Waals surface area (Å²) in [5.74, 6) is 0.680. The molecule has 47 heavy (non-hydrogen) atoms. The molecule has 6 aromatic rings. The van der Waals surface area contributed by atoms with Gasteiger partial charge in [-0.05, 0) is 56.7 Å². The second kappa shape index (κ2) is 10.0. The zero-order valence-electron chi connectivity index (χ0n) is 26.9. The van der Waals surface area contributed by atoms with E-state index >= 15 is 0 Å². The predicted octanol–water partition coefficient (Wildman–Crippen LogP) is 4.05. The van der Waals surface area contributed by atoms with Crippen LogP contribution in [0.2, 0.25) is 0 Å². The number of aromatic amines is 1. The molecule has 10 rings (SSSR count). The summed E-state index contributed by atoms with van der Waals surface area (Å²) in [6, 6.07) is 6.17. The number of aryl methyl sites for hydroxylation is 2. The number of amides is 1. The van der Waals surface area contributed by atoms with E-state index in [1.54, 1.807) is 22.6 Å². The lowest BCUT2D eigenvalue weighted by molar-refractivity contribution is -0.128. The van der Waals surface area contributed by atoms with E-state index in [0.717, 1.165) is 62.5 Å². The molecule has 13 nitrogen and oxygen atoms in total. The Morgan fingerprint density at radius 1 is 1.17 bits per heavy atom. The van der Waals surface area contributed by atoms with Crippen molar-refractivity contribution in [2.24, 2.45) is 20.0 Å². The Morgan fingerprint density at radius 3 is 2.83 bits per heavy atom. The largest absolute Gasteiger partial charge is 0.479 e. The van der Waals surface area contributed by atoms with Crippen LogP contribution in [-0.2, 0) is 30.2 Å². The van der Waals surface area contributed by atoms with Gasteiger partial charge >= 0.3 is 5.69 Å². The molecule has 5 aromatic heterocycles. The number of carbonyl (C=O) groups is 1. The standard InChI is InChI=1S/C34H37N9O4/c1-34(38-31(44)18-5-6-18)10-9-21-14-25(34)47-12-11-42-23-8-7-19(13-20(23)15-36-42)26-27-29-24(41(3)33(45)43(21)29)16-35-30(27)37-28(26)22-17-40(2)39-32(22)46-4/h7-8,13,15-18,21,25H,5-6,9-12,14H2,1-4H3,(H,35,37)(H,38,44)/t21-,25?,34+/m0/s1. The molecule has 1 aromatic carbocycles. The van der Waals surface area contributed by atoms with Gasteiger partial charge in [0.15, 0.2) is 0 Å². The quantitative estimate of drug-likeness (QED) is 0.298. The average Bonchev–Trinajstić information content (AvgIpc) is 3.47. The summed E-state index contributed by atoms with van der Waals surface area (Å²) in [5.41, 5.74) is 6.06. The molecular formula is C34H37N9O4. The van der Waals surface area contributed by atoms with E-state index in [-0.39, 0.29) is 29.7 Å². The van der Waals surface area contributed by atoms with Crippen molar-refractivity contribution in [1.29, 1.82) is 0 Å². The van der Waals surface area contributed by atoms with Crippen LogP contribution in [0.4, 0.5) is 0 Å². The Morgan fingerprint density at radius 2 is 2.02 bits per heavy atom. The highest BCUT2D eigenvalue weighted by atomic mass is 16.5. The van der Waals surface area contributed by atoms with Crippen LogP contribution in [0.15, 0.2) is 41.6 Å². The smallest absolute Gasteiger partial charge is 0.329 e. The summed E-state index contributed by atoms with van der Waals surface area (Å²) in [7, 11) is 5.29. The first-order valence-electron chi connectivity index (χ1n) is 16.3. The molecule has 4 aliphatic rings. The normalized spacial score (nSPS) is 22.8. The SMILES string of the molecule is COc1nn(C)cc1-c1[nH]c2ncc3c4c2c1-c1ccc2c(cnn2CCOC2C[C@H](CC[C@@]2(C)NC(=O)C2CC2)n4c(=O)n3C)c1. The number of H-pyrrole nitrogens is 1. The number of benzene rings is 1. The highest BCUT2D eigenvalue weighted by Crippen LogP contribution is 2.46. The van der Waals surface area contributed by atoms with Crippen molar-refractivity contribution in [3.63, 3.8) is 0 Å². The van der Waals surface area contributed by atoms with Crippen molar-refractivity contribution >= 4 is 38.9 Å². The number of nitrogens with one attached hydrogen (secondary N) is 2. The summed E-state index contributed by atoms with van der Waals surface area (Å²) in [6.45, 7) is 3.08. The lowest BCUT2D eigenvalue weighted by Gasteiger charge is -2.45. The van der Waals surface area contributed by atoms with Crippen molar-refractivity contribution in [3.05, 3.63) is 47.3 Å². The Balaban J connectivity index is 1.33. The van der Waals surface area contributed by atoms with Crippen molar-refractivity contribution < 1.29 is 14.3 Å². The summed E-state index contributed by atoms with van der Waals surface area (Å²) >= 11 is 0. The monoisotopic (exact) mass is 635 g/mol. The maximum Gasteiger partial charge on any atom is 0.329 e. The summed E-state index contributed by atoms with van der Waals surface area (Å²) in [6.07, 6.45) is 9.12. The fourth-order valence-corrected chi connectivity index (χ4v) is 7.91. The van der Waals surface area contributed by atoms with Gasteiger partial charge in [0.2, 0.25) is 11.8 Å². The second-order valence-electron chi connectivity index (χ2n) is 13.6. The van der Waals surface area contributed by atoms with Crippen molar-refractivity contribution in [2.75, 3.05) is 13.7 Å². The molecule has 242 valence electrons. The van der Waals surface area contributed by atoms with E-state index in [4.69, 9.17) is 19.6 Å². The summed E-state index contributed by atoms with van der Waals surface area (Å²) in [5, 5.41) is 14.5. The number of fused-ring (bicyclic) bond motifs is 3. The fourth-order valence-electron chi connectivity index (χ4n) is 7.91. The first-order valence-corrected chi connectivity index (χ1v) is 16.3. The van der Waals surface area contributed by atoms with Gasteiger partial charge in [-0.3, -0.25) is 23.3 Å². The number of imidazole rings is 1. The minimum absolute atomic E-state index is 0.0908. The molecule has 2 N–H and O–H groups in total. The molecule has 2 saturated carbocycles. The Labute approximate surface area is 269 Å². The van der Waals surface area contributed by atoms with Crippen LogP contribution in [0.25, 0.3) is 55.4 Å². The Kier molecular flexibility index (Phi) is 6.05. The van der Waals surface area contributed by atoms with Gasteiger partial charge in [0, 0.05) is 43.2 Å². The third-order valence-corrected chi connectivity index (χ3v) is 10.6. The number of aromatic nitrogens is 8. The van der Waals surface area contributed by atoms with Crippen LogP contribution in [0.1, 0.15) is 45.1 Å². The molecule has 6 bridgehead atoms. The maximum absolute atomic E-state index is 14.3.